The van der Waals surface area contributed by atoms with E-state index in [4.69, 9.17) is 9.84 Å². The van der Waals surface area contributed by atoms with Gasteiger partial charge in [0.15, 0.2) is 5.13 Å². The van der Waals surface area contributed by atoms with Gasteiger partial charge in [-0.1, -0.05) is 12.1 Å². The highest BCUT2D eigenvalue weighted by molar-refractivity contribution is 7.14. The second-order valence-corrected chi connectivity index (χ2v) is 8.66. The number of carboxylic acids is 1. The van der Waals surface area contributed by atoms with Crippen LogP contribution in [0.15, 0.2) is 29.6 Å². The number of benzene rings is 1. The molecule has 2 heterocycles. The largest absolute Gasteiger partial charge is 0.478 e. The van der Waals surface area contributed by atoms with Crippen molar-refractivity contribution >= 4 is 28.5 Å². The van der Waals surface area contributed by atoms with Crippen LogP contribution >= 0.6 is 11.3 Å². The molecule has 0 spiro atoms. The van der Waals surface area contributed by atoms with E-state index in [1.54, 1.807) is 29.2 Å². The molecule has 1 amide bonds. The van der Waals surface area contributed by atoms with Crippen molar-refractivity contribution in [1.29, 1.82) is 0 Å². The molecule has 1 aromatic carbocycles. The predicted octanol–water partition coefficient (Wildman–Crippen LogP) is 4.32. The van der Waals surface area contributed by atoms with Crippen LogP contribution in [0.3, 0.4) is 0 Å². The molecule has 0 unspecified atom stereocenters. The number of thiazole rings is 1. The fourth-order valence-corrected chi connectivity index (χ4v) is 3.76. The van der Waals surface area contributed by atoms with E-state index < -0.39 is 11.6 Å². The molecule has 1 aliphatic rings. The number of hydrogen-bond donors (Lipinski definition) is 2. The maximum Gasteiger partial charge on any atom is 0.410 e. The van der Waals surface area contributed by atoms with Crippen molar-refractivity contribution in [2.24, 2.45) is 0 Å². The lowest BCUT2D eigenvalue weighted by Crippen LogP contribution is -2.44. The zero-order valence-corrected chi connectivity index (χ0v) is 17.1. The lowest BCUT2D eigenvalue weighted by molar-refractivity contribution is 0.0210. The second kappa shape index (κ2) is 8.18. The Labute approximate surface area is 168 Å². The molecule has 2 N–H and O–H groups in total. The van der Waals surface area contributed by atoms with Crippen LogP contribution in [-0.4, -0.2) is 51.8 Å². The number of carbonyl (C=O) groups excluding carboxylic acids is 1. The summed E-state index contributed by atoms with van der Waals surface area (Å²) in [6.07, 6.45) is 1.41. The van der Waals surface area contributed by atoms with Gasteiger partial charge in [0.05, 0.1) is 11.3 Å². The number of aromatic carboxylic acids is 1. The molecule has 8 heteroatoms. The minimum absolute atomic E-state index is 0.257. The number of anilines is 1. The van der Waals surface area contributed by atoms with Crippen LogP contribution in [0.5, 0.6) is 0 Å². The number of likely N-dealkylation sites (tertiary alicyclic amines) is 1. The molecule has 0 aliphatic carbocycles. The molecule has 0 saturated carbocycles. The molecule has 2 aromatic rings. The molecule has 0 bridgehead atoms. The summed E-state index contributed by atoms with van der Waals surface area (Å²) in [4.78, 5) is 29.5. The van der Waals surface area contributed by atoms with E-state index in [9.17, 15) is 9.59 Å². The van der Waals surface area contributed by atoms with Crippen molar-refractivity contribution < 1.29 is 19.4 Å². The fraction of sp³-hybridized carbons (Fsp3) is 0.450. The summed E-state index contributed by atoms with van der Waals surface area (Å²) in [5.74, 6) is -0.940. The van der Waals surface area contributed by atoms with Gasteiger partial charge in [0, 0.05) is 30.1 Å². The lowest BCUT2D eigenvalue weighted by atomic mass is 10.1. The number of amides is 1. The number of nitrogens with one attached hydrogen (secondary N) is 1. The third kappa shape index (κ3) is 5.22. The Kier molecular flexibility index (Phi) is 5.88. The van der Waals surface area contributed by atoms with Gasteiger partial charge in [0.1, 0.15) is 5.60 Å². The Hall–Kier alpha value is -2.61. The van der Waals surface area contributed by atoms with Gasteiger partial charge >= 0.3 is 12.1 Å². The van der Waals surface area contributed by atoms with Gasteiger partial charge < -0.3 is 20.1 Å². The highest BCUT2D eigenvalue weighted by atomic mass is 32.1. The van der Waals surface area contributed by atoms with Crippen molar-refractivity contribution in [3.63, 3.8) is 0 Å². The van der Waals surface area contributed by atoms with Crippen molar-refractivity contribution in [3.05, 3.63) is 35.2 Å². The average molecular weight is 404 g/mol. The SMILES string of the molecule is CC(C)(C)OC(=O)N1CCC(Nc2nc(-c3ccc(C(=O)O)cc3)cs2)CC1. The van der Waals surface area contributed by atoms with Gasteiger partial charge in [0.25, 0.3) is 0 Å². The molecule has 150 valence electrons. The minimum atomic E-state index is -0.940. The van der Waals surface area contributed by atoms with Crippen LogP contribution < -0.4 is 5.32 Å². The summed E-state index contributed by atoms with van der Waals surface area (Å²) in [5, 5.41) is 15.2. The molecule has 1 aliphatic heterocycles. The van der Waals surface area contributed by atoms with Crippen LogP contribution in [0.2, 0.25) is 0 Å². The van der Waals surface area contributed by atoms with E-state index in [0.29, 0.717) is 13.1 Å². The molecule has 1 aromatic heterocycles. The summed E-state index contributed by atoms with van der Waals surface area (Å²) < 4.78 is 5.43. The highest BCUT2D eigenvalue weighted by Gasteiger charge is 2.27. The van der Waals surface area contributed by atoms with Gasteiger partial charge in [-0.25, -0.2) is 14.6 Å². The summed E-state index contributed by atoms with van der Waals surface area (Å²) in [7, 11) is 0. The van der Waals surface area contributed by atoms with Gasteiger partial charge in [0.2, 0.25) is 0 Å². The molecule has 3 rings (SSSR count). The maximum absolute atomic E-state index is 12.1. The van der Waals surface area contributed by atoms with Gasteiger partial charge in [-0.2, -0.15) is 0 Å². The second-order valence-electron chi connectivity index (χ2n) is 7.81. The molecule has 1 saturated heterocycles. The first-order chi connectivity index (χ1) is 13.2. The first kappa shape index (κ1) is 20.1. The Morgan fingerprint density at radius 3 is 2.43 bits per heavy atom. The molecular weight excluding hydrogens is 378 g/mol. The first-order valence-corrected chi connectivity index (χ1v) is 10.1. The van der Waals surface area contributed by atoms with Gasteiger partial charge in [-0.3, -0.25) is 0 Å². The number of ether oxygens (including phenoxy) is 1. The normalized spacial score (nSPS) is 15.3. The van der Waals surface area contributed by atoms with Crippen LogP contribution in [-0.2, 0) is 4.74 Å². The van der Waals surface area contributed by atoms with Crippen LogP contribution in [0, 0.1) is 0 Å². The summed E-state index contributed by atoms with van der Waals surface area (Å²) in [6, 6.07) is 6.95. The van der Waals surface area contributed by atoms with Crippen LogP contribution in [0.1, 0.15) is 44.0 Å². The summed E-state index contributed by atoms with van der Waals surface area (Å²) in [5.41, 5.74) is 1.48. The van der Waals surface area contributed by atoms with Crippen molar-refractivity contribution in [2.75, 3.05) is 18.4 Å². The Balaban J connectivity index is 1.53. The third-order valence-corrected chi connectivity index (χ3v) is 5.18. The Morgan fingerprint density at radius 1 is 1.21 bits per heavy atom. The predicted molar refractivity (Wildman–Crippen MR) is 109 cm³/mol. The van der Waals surface area contributed by atoms with Gasteiger partial charge in [-0.05, 0) is 45.7 Å². The number of carbonyl (C=O) groups is 2. The fourth-order valence-electron chi connectivity index (χ4n) is 2.96. The number of hydrogen-bond acceptors (Lipinski definition) is 6. The van der Waals surface area contributed by atoms with Gasteiger partial charge in [-0.15, -0.1) is 11.3 Å². The molecular formula is C20H25N3O4S. The smallest absolute Gasteiger partial charge is 0.410 e. The number of piperidine rings is 1. The van der Waals surface area contributed by atoms with E-state index in [-0.39, 0.29) is 17.7 Å². The lowest BCUT2D eigenvalue weighted by Gasteiger charge is -2.33. The standard InChI is InChI=1S/C20H25N3O4S/c1-20(2,3)27-19(26)23-10-8-15(9-11-23)21-18-22-16(12-28-18)13-4-6-14(7-5-13)17(24)25/h4-7,12,15H,8-11H2,1-3H3,(H,21,22)(H,24,25). The Bertz CT molecular complexity index is 834. The first-order valence-electron chi connectivity index (χ1n) is 9.25. The number of nitrogens with zero attached hydrogens (tertiary/aromatic N) is 2. The highest BCUT2D eigenvalue weighted by Crippen LogP contribution is 2.27. The van der Waals surface area contributed by atoms with Crippen molar-refractivity contribution in [1.82, 2.24) is 9.88 Å². The zero-order chi connectivity index (χ0) is 20.3. The molecule has 0 radical (unpaired) electrons. The number of carboxylic acid groups (broad SMARTS) is 1. The monoisotopic (exact) mass is 403 g/mol. The van der Waals surface area contributed by atoms with E-state index >= 15 is 0 Å². The molecule has 7 nitrogen and oxygen atoms in total. The van der Waals surface area contributed by atoms with E-state index in [1.807, 2.05) is 26.2 Å². The number of aromatic nitrogens is 1. The third-order valence-electron chi connectivity index (χ3n) is 4.41. The molecule has 28 heavy (non-hydrogen) atoms. The molecule has 1 fully saturated rings. The quantitative estimate of drug-likeness (QED) is 0.790. The topological polar surface area (TPSA) is 91.8 Å². The number of rotatable bonds is 4. The summed E-state index contributed by atoms with van der Waals surface area (Å²) in [6.45, 7) is 6.92. The Morgan fingerprint density at radius 2 is 1.86 bits per heavy atom. The molecule has 0 atom stereocenters. The average Bonchev–Trinajstić information content (AvgIpc) is 3.09. The van der Waals surface area contributed by atoms with E-state index in [2.05, 4.69) is 10.3 Å². The van der Waals surface area contributed by atoms with E-state index in [0.717, 1.165) is 29.2 Å². The van der Waals surface area contributed by atoms with Crippen molar-refractivity contribution in [2.45, 2.75) is 45.3 Å². The maximum atomic E-state index is 12.1. The minimum Gasteiger partial charge on any atom is -0.478 e. The summed E-state index contributed by atoms with van der Waals surface area (Å²) >= 11 is 1.52. The van der Waals surface area contributed by atoms with Crippen LogP contribution in [0.25, 0.3) is 11.3 Å². The zero-order valence-electron chi connectivity index (χ0n) is 16.3. The van der Waals surface area contributed by atoms with E-state index in [1.165, 1.54) is 11.3 Å². The van der Waals surface area contributed by atoms with Crippen LogP contribution in [0.4, 0.5) is 9.93 Å². The van der Waals surface area contributed by atoms with Crippen molar-refractivity contribution in [3.8, 4) is 11.3 Å².